The third-order valence-corrected chi connectivity index (χ3v) is 4.08. The summed E-state index contributed by atoms with van der Waals surface area (Å²) in [6, 6.07) is 12.4. The van der Waals surface area contributed by atoms with E-state index in [-0.39, 0.29) is 10.7 Å². The zero-order valence-electron chi connectivity index (χ0n) is 11.8. The number of nitrogens with zero attached hydrogens (tertiary/aromatic N) is 3. The Morgan fingerprint density at radius 1 is 1.09 bits per heavy atom. The fourth-order valence-corrected chi connectivity index (χ4v) is 2.65. The summed E-state index contributed by atoms with van der Waals surface area (Å²) >= 11 is 0. The smallest absolute Gasteiger partial charge is 0.252 e. The maximum absolute atomic E-state index is 12.2. The largest absolute Gasteiger partial charge is 0.288 e. The molecule has 7 heteroatoms. The third kappa shape index (κ3) is 2.75. The molecule has 0 amide bonds. The molecule has 0 aliphatic heterocycles. The minimum Gasteiger partial charge on any atom is -0.288 e. The summed E-state index contributed by atoms with van der Waals surface area (Å²) in [6.07, 6.45) is 2.45. The van der Waals surface area contributed by atoms with Crippen LogP contribution in [-0.2, 0) is 16.4 Å². The molecular weight excluding hydrogens is 302 g/mol. The van der Waals surface area contributed by atoms with Crippen molar-refractivity contribution < 1.29 is 8.42 Å². The van der Waals surface area contributed by atoms with E-state index in [1.165, 1.54) is 16.8 Å². The third-order valence-electron chi connectivity index (χ3n) is 3.22. The molecule has 0 radical (unpaired) electrons. The van der Waals surface area contributed by atoms with Crippen LogP contribution in [0.4, 0.5) is 0 Å². The molecule has 0 N–H and O–H groups in total. The van der Waals surface area contributed by atoms with Crippen LogP contribution in [0.15, 0.2) is 58.6 Å². The molecule has 0 bridgehead atoms. The topological polar surface area (TPSA) is 81.9 Å². The normalized spacial score (nSPS) is 11.7. The predicted octanol–water partition coefficient (Wildman–Crippen LogP) is 1.24. The maximum Gasteiger partial charge on any atom is 0.252 e. The van der Waals surface area contributed by atoms with Gasteiger partial charge in [-0.3, -0.25) is 9.36 Å². The van der Waals surface area contributed by atoms with Crippen molar-refractivity contribution in [2.24, 2.45) is 0 Å². The first kappa shape index (κ1) is 14.4. The summed E-state index contributed by atoms with van der Waals surface area (Å²) in [5.74, 6) is 0. The van der Waals surface area contributed by atoms with E-state index in [1.807, 2.05) is 30.3 Å². The first-order valence-electron chi connectivity index (χ1n) is 6.56. The maximum atomic E-state index is 12.2. The monoisotopic (exact) mass is 315 g/mol. The van der Waals surface area contributed by atoms with Crippen LogP contribution in [0, 0.1) is 0 Å². The molecule has 0 saturated carbocycles. The molecular formula is C15H13N3O3S. The van der Waals surface area contributed by atoms with Gasteiger partial charge in [-0.15, -0.1) is 0 Å². The average molecular weight is 315 g/mol. The predicted molar refractivity (Wildman–Crippen MR) is 82.5 cm³/mol. The van der Waals surface area contributed by atoms with E-state index in [1.54, 1.807) is 6.07 Å². The van der Waals surface area contributed by atoms with E-state index in [0.717, 1.165) is 11.8 Å². The van der Waals surface area contributed by atoms with Gasteiger partial charge in [-0.05, 0) is 11.6 Å². The molecule has 0 aliphatic carbocycles. The fraction of sp³-hybridized carbons (Fsp3) is 0.133. The molecule has 3 aromatic rings. The summed E-state index contributed by atoms with van der Waals surface area (Å²) in [4.78, 5) is 20.1. The van der Waals surface area contributed by atoms with Gasteiger partial charge >= 0.3 is 0 Å². The number of aromatic nitrogens is 3. The second-order valence-electron chi connectivity index (χ2n) is 4.95. The van der Waals surface area contributed by atoms with Gasteiger partial charge in [0.2, 0.25) is 15.0 Å². The van der Waals surface area contributed by atoms with Crippen molar-refractivity contribution in [3.63, 3.8) is 0 Å². The van der Waals surface area contributed by atoms with Crippen molar-refractivity contribution >= 4 is 20.9 Å². The lowest BCUT2D eigenvalue weighted by Crippen LogP contribution is -2.21. The molecule has 0 spiro atoms. The molecule has 2 aromatic heterocycles. The van der Waals surface area contributed by atoms with Gasteiger partial charge < -0.3 is 0 Å². The van der Waals surface area contributed by atoms with E-state index < -0.39 is 9.84 Å². The number of hydrogen-bond donors (Lipinski definition) is 0. The van der Waals surface area contributed by atoms with Crippen LogP contribution in [0.2, 0.25) is 0 Å². The first-order chi connectivity index (χ1) is 10.4. The van der Waals surface area contributed by atoms with Gasteiger partial charge in [0.25, 0.3) is 5.56 Å². The number of sulfone groups is 1. The fourth-order valence-electron chi connectivity index (χ4n) is 2.15. The number of hydrogen-bond acceptors (Lipinski definition) is 5. The van der Waals surface area contributed by atoms with Crippen molar-refractivity contribution in [3.05, 3.63) is 64.6 Å². The van der Waals surface area contributed by atoms with Crippen molar-refractivity contribution in [1.29, 1.82) is 0 Å². The van der Waals surface area contributed by atoms with Crippen LogP contribution in [0.1, 0.15) is 5.56 Å². The highest BCUT2D eigenvalue weighted by Crippen LogP contribution is 2.12. The Hall–Kier alpha value is -2.54. The van der Waals surface area contributed by atoms with E-state index in [2.05, 4.69) is 9.97 Å². The molecule has 0 fully saturated rings. The van der Waals surface area contributed by atoms with Crippen LogP contribution in [0.5, 0.6) is 0 Å². The molecule has 6 nitrogen and oxygen atoms in total. The second-order valence-corrected chi connectivity index (χ2v) is 6.86. The van der Waals surface area contributed by atoms with Gasteiger partial charge in [0, 0.05) is 23.9 Å². The van der Waals surface area contributed by atoms with Crippen molar-refractivity contribution in [2.75, 3.05) is 6.26 Å². The van der Waals surface area contributed by atoms with Gasteiger partial charge in [0.1, 0.15) is 5.65 Å². The Balaban J connectivity index is 2.23. The highest BCUT2D eigenvalue weighted by Gasteiger charge is 2.14. The summed E-state index contributed by atoms with van der Waals surface area (Å²) in [7, 11) is -3.53. The van der Waals surface area contributed by atoms with Crippen LogP contribution < -0.4 is 5.56 Å². The Kier molecular flexibility index (Phi) is 3.50. The van der Waals surface area contributed by atoms with E-state index in [9.17, 15) is 13.2 Å². The number of rotatable bonds is 3. The highest BCUT2D eigenvalue weighted by atomic mass is 32.2. The Morgan fingerprint density at radius 2 is 1.82 bits per heavy atom. The SMILES string of the molecule is CS(=O)(=O)c1ncc2ccc(=O)n(Cc3ccccc3)c2n1. The minimum absolute atomic E-state index is 0.241. The van der Waals surface area contributed by atoms with E-state index >= 15 is 0 Å². The minimum atomic E-state index is -3.53. The number of benzene rings is 1. The highest BCUT2D eigenvalue weighted by molar-refractivity contribution is 7.90. The van der Waals surface area contributed by atoms with Gasteiger partial charge in [-0.25, -0.2) is 13.4 Å². The van der Waals surface area contributed by atoms with Gasteiger partial charge in [-0.2, -0.15) is 4.98 Å². The van der Waals surface area contributed by atoms with E-state index in [4.69, 9.17) is 0 Å². The number of pyridine rings is 1. The lowest BCUT2D eigenvalue weighted by atomic mass is 10.2. The average Bonchev–Trinajstić information content (AvgIpc) is 2.50. The molecule has 112 valence electrons. The summed E-state index contributed by atoms with van der Waals surface area (Å²) in [5.41, 5.74) is 0.998. The number of fused-ring (bicyclic) bond motifs is 1. The summed E-state index contributed by atoms with van der Waals surface area (Å²) in [5, 5.41) is 0.329. The molecule has 0 saturated heterocycles. The van der Waals surface area contributed by atoms with Crippen molar-refractivity contribution in [2.45, 2.75) is 11.7 Å². The molecule has 1 aromatic carbocycles. The quantitative estimate of drug-likeness (QED) is 0.679. The molecule has 0 aliphatic rings. The van der Waals surface area contributed by atoms with Gasteiger partial charge in [0.05, 0.1) is 6.54 Å². The van der Waals surface area contributed by atoms with Gasteiger partial charge in [0.15, 0.2) is 0 Å². The van der Waals surface area contributed by atoms with Crippen molar-refractivity contribution in [3.8, 4) is 0 Å². The van der Waals surface area contributed by atoms with Crippen LogP contribution in [0.3, 0.4) is 0 Å². The standard InChI is InChI=1S/C15H13N3O3S/c1-22(20,21)15-16-9-12-7-8-13(19)18(14(12)17-15)10-11-5-3-2-4-6-11/h2-9H,10H2,1H3. The second kappa shape index (κ2) is 5.34. The summed E-state index contributed by atoms with van der Waals surface area (Å²) < 4.78 is 24.7. The molecule has 22 heavy (non-hydrogen) atoms. The Morgan fingerprint density at radius 3 is 2.50 bits per heavy atom. The lowest BCUT2D eigenvalue weighted by Gasteiger charge is -2.09. The zero-order chi connectivity index (χ0) is 15.7. The van der Waals surface area contributed by atoms with Crippen molar-refractivity contribution in [1.82, 2.24) is 14.5 Å². The van der Waals surface area contributed by atoms with Crippen LogP contribution in [-0.4, -0.2) is 29.2 Å². The van der Waals surface area contributed by atoms with Gasteiger partial charge in [-0.1, -0.05) is 30.3 Å². The zero-order valence-corrected chi connectivity index (χ0v) is 12.6. The first-order valence-corrected chi connectivity index (χ1v) is 8.45. The molecule has 0 atom stereocenters. The van der Waals surface area contributed by atoms with Crippen LogP contribution >= 0.6 is 0 Å². The van der Waals surface area contributed by atoms with Crippen LogP contribution in [0.25, 0.3) is 11.0 Å². The Labute approximate surface area is 127 Å². The molecule has 2 heterocycles. The summed E-state index contributed by atoms with van der Waals surface area (Å²) in [6.45, 7) is 0.317. The molecule has 3 rings (SSSR count). The lowest BCUT2D eigenvalue weighted by molar-refractivity contribution is 0.593. The molecule has 0 unspecified atom stereocenters. The Bertz CT molecular complexity index is 995. The van der Waals surface area contributed by atoms with E-state index in [0.29, 0.717) is 17.6 Å².